The number of nitrogens with zero attached hydrogens (tertiary/aromatic N) is 5. The van der Waals surface area contributed by atoms with E-state index in [9.17, 15) is 4.39 Å². The van der Waals surface area contributed by atoms with Crippen LogP contribution in [0.1, 0.15) is 0 Å². The van der Waals surface area contributed by atoms with Crippen molar-refractivity contribution < 1.29 is 4.39 Å². The van der Waals surface area contributed by atoms with E-state index in [1.807, 2.05) is 24.3 Å². The fourth-order valence-corrected chi connectivity index (χ4v) is 3.80. The van der Waals surface area contributed by atoms with Gasteiger partial charge in [0.15, 0.2) is 5.82 Å². The predicted octanol–water partition coefficient (Wildman–Crippen LogP) is 4.35. The Hall–Kier alpha value is -4.66. The minimum atomic E-state index is -0.424. The topological polar surface area (TPSA) is 122 Å². The molecular formula is C23H15FN8. The van der Waals surface area contributed by atoms with Crippen LogP contribution >= 0.6 is 0 Å². The number of fused-ring (bicyclic) bond motifs is 2. The SMILES string of the molecule is Nc1cncc(-c2cc(F)c3[nH]nc(-c4nc5c(-c6cccnc6)nccc5[nH]4)c3c2)c1. The van der Waals surface area contributed by atoms with Crippen molar-refractivity contribution >= 4 is 27.6 Å². The summed E-state index contributed by atoms with van der Waals surface area (Å²) in [7, 11) is 0. The first-order chi connectivity index (χ1) is 15.7. The van der Waals surface area contributed by atoms with Gasteiger partial charge in [0.1, 0.15) is 22.5 Å². The lowest BCUT2D eigenvalue weighted by atomic mass is 10.0. The monoisotopic (exact) mass is 422 g/mol. The summed E-state index contributed by atoms with van der Waals surface area (Å²) in [4.78, 5) is 20.8. The number of aromatic nitrogens is 7. The van der Waals surface area contributed by atoms with E-state index < -0.39 is 5.82 Å². The van der Waals surface area contributed by atoms with Gasteiger partial charge in [-0.2, -0.15) is 5.10 Å². The highest BCUT2D eigenvalue weighted by Crippen LogP contribution is 2.33. The van der Waals surface area contributed by atoms with E-state index in [1.54, 1.807) is 37.1 Å². The molecule has 0 bridgehead atoms. The van der Waals surface area contributed by atoms with Gasteiger partial charge in [-0.1, -0.05) is 0 Å². The lowest BCUT2D eigenvalue weighted by Gasteiger charge is -2.04. The molecule has 6 aromatic rings. The third kappa shape index (κ3) is 2.87. The van der Waals surface area contributed by atoms with Gasteiger partial charge in [0, 0.05) is 47.5 Å². The van der Waals surface area contributed by atoms with E-state index in [2.05, 4.69) is 30.1 Å². The number of imidazole rings is 1. The normalized spacial score (nSPS) is 11.4. The Kier molecular flexibility index (Phi) is 3.94. The van der Waals surface area contributed by atoms with Gasteiger partial charge in [-0.3, -0.25) is 20.1 Å². The molecule has 5 heterocycles. The Balaban J connectivity index is 1.54. The highest BCUT2D eigenvalue weighted by molar-refractivity contribution is 5.97. The summed E-state index contributed by atoms with van der Waals surface area (Å²) in [5.41, 5.74) is 11.6. The molecule has 0 aliphatic heterocycles. The highest BCUT2D eigenvalue weighted by Gasteiger charge is 2.18. The lowest BCUT2D eigenvalue weighted by molar-refractivity contribution is 0.636. The van der Waals surface area contributed by atoms with Crippen molar-refractivity contribution in [3.63, 3.8) is 0 Å². The van der Waals surface area contributed by atoms with Crippen molar-refractivity contribution in [3.05, 3.63) is 73.2 Å². The van der Waals surface area contributed by atoms with Crippen molar-refractivity contribution in [1.29, 1.82) is 0 Å². The average Bonchev–Trinajstić information content (AvgIpc) is 3.44. The molecule has 154 valence electrons. The van der Waals surface area contributed by atoms with Crippen molar-refractivity contribution in [2.45, 2.75) is 0 Å². The van der Waals surface area contributed by atoms with Gasteiger partial charge in [0.05, 0.1) is 16.9 Å². The largest absolute Gasteiger partial charge is 0.397 e. The number of halogens is 1. The van der Waals surface area contributed by atoms with E-state index in [0.717, 1.165) is 11.1 Å². The van der Waals surface area contributed by atoms with Crippen LogP contribution in [0.3, 0.4) is 0 Å². The van der Waals surface area contributed by atoms with Gasteiger partial charge in [-0.25, -0.2) is 9.37 Å². The number of rotatable bonds is 3. The Labute approximate surface area is 180 Å². The zero-order chi connectivity index (χ0) is 21.7. The van der Waals surface area contributed by atoms with Crippen LogP contribution in [0.4, 0.5) is 10.1 Å². The molecule has 32 heavy (non-hydrogen) atoms. The molecule has 0 unspecified atom stereocenters. The molecular weight excluding hydrogens is 407 g/mol. The lowest BCUT2D eigenvalue weighted by Crippen LogP contribution is -1.89. The second-order valence-electron chi connectivity index (χ2n) is 7.34. The second-order valence-corrected chi connectivity index (χ2v) is 7.34. The molecule has 1 aromatic carbocycles. The number of hydrogen-bond acceptors (Lipinski definition) is 6. The van der Waals surface area contributed by atoms with Crippen LogP contribution in [-0.2, 0) is 0 Å². The Bertz CT molecular complexity index is 1600. The van der Waals surface area contributed by atoms with Crippen molar-refractivity contribution in [2.24, 2.45) is 0 Å². The zero-order valence-electron chi connectivity index (χ0n) is 16.5. The summed E-state index contributed by atoms with van der Waals surface area (Å²) in [6.45, 7) is 0. The Morgan fingerprint density at radius 1 is 0.875 bits per heavy atom. The number of nitrogen functional groups attached to an aromatic ring is 1. The van der Waals surface area contributed by atoms with E-state index in [-0.39, 0.29) is 0 Å². The average molecular weight is 422 g/mol. The van der Waals surface area contributed by atoms with E-state index in [4.69, 9.17) is 10.7 Å². The first-order valence-electron chi connectivity index (χ1n) is 9.81. The van der Waals surface area contributed by atoms with Gasteiger partial charge in [-0.15, -0.1) is 0 Å². The predicted molar refractivity (Wildman–Crippen MR) is 120 cm³/mol. The number of nitrogens with two attached hydrogens (primary N) is 1. The van der Waals surface area contributed by atoms with Gasteiger partial charge < -0.3 is 10.7 Å². The number of pyridine rings is 3. The Morgan fingerprint density at radius 2 is 1.78 bits per heavy atom. The summed E-state index contributed by atoms with van der Waals surface area (Å²) >= 11 is 0. The molecule has 0 aliphatic carbocycles. The summed E-state index contributed by atoms with van der Waals surface area (Å²) in [5.74, 6) is 0.0825. The number of anilines is 1. The molecule has 9 heteroatoms. The second kappa shape index (κ2) is 6.95. The van der Waals surface area contributed by atoms with E-state index in [0.29, 0.717) is 50.4 Å². The first kappa shape index (κ1) is 18.1. The fourth-order valence-electron chi connectivity index (χ4n) is 3.80. The van der Waals surface area contributed by atoms with Crippen LogP contribution in [0.2, 0.25) is 0 Å². The summed E-state index contributed by atoms with van der Waals surface area (Å²) in [6, 6.07) is 10.6. The van der Waals surface area contributed by atoms with Gasteiger partial charge in [-0.05, 0) is 42.0 Å². The van der Waals surface area contributed by atoms with Crippen LogP contribution in [0, 0.1) is 5.82 Å². The smallest absolute Gasteiger partial charge is 0.159 e. The van der Waals surface area contributed by atoms with Crippen molar-refractivity contribution in [1.82, 2.24) is 35.1 Å². The molecule has 0 spiro atoms. The molecule has 0 saturated carbocycles. The summed E-state index contributed by atoms with van der Waals surface area (Å²) < 4.78 is 14.9. The zero-order valence-corrected chi connectivity index (χ0v) is 16.5. The third-order valence-electron chi connectivity index (χ3n) is 5.28. The molecule has 4 N–H and O–H groups in total. The quantitative estimate of drug-likeness (QED) is 0.390. The van der Waals surface area contributed by atoms with Crippen LogP contribution in [0.15, 0.2) is 67.4 Å². The molecule has 8 nitrogen and oxygen atoms in total. The Morgan fingerprint density at radius 3 is 2.62 bits per heavy atom. The van der Waals surface area contributed by atoms with E-state index in [1.165, 1.54) is 6.07 Å². The maximum Gasteiger partial charge on any atom is 0.159 e. The van der Waals surface area contributed by atoms with Crippen LogP contribution in [-0.4, -0.2) is 35.1 Å². The van der Waals surface area contributed by atoms with Crippen molar-refractivity contribution in [2.75, 3.05) is 5.73 Å². The minimum absolute atomic E-state index is 0.298. The minimum Gasteiger partial charge on any atom is -0.397 e. The van der Waals surface area contributed by atoms with Gasteiger partial charge in [0.25, 0.3) is 0 Å². The molecule has 0 atom stereocenters. The number of aromatic amines is 2. The molecule has 0 fully saturated rings. The molecule has 6 rings (SSSR count). The van der Waals surface area contributed by atoms with E-state index >= 15 is 0 Å². The number of nitrogens with one attached hydrogen (secondary N) is 2. The maximum absolute atomic E-state index is 14.9. The van der Waals surface area contributed by atoms with Crippen molar-refractivity contribution in [3.8, 4) is 33.9 Å². The molecule has 5 aromatic heterocycles. The maximum atomic E-state index is 14.9. The first-order valence-corrected chi connectivity index (χ1v) is 9.81. The molecule has 0 aliphatic rings. The van der Waals surface area contributed by atoms with Crippen LogP contribution < -0.4 is 5.73 Å². The van der Waals surface area contributed by atoms with Crippen LogP contribution in [0.25, 0.3) is 55.8 Å². The molecule has 0 radical (unpaired) electrons. The fraction of sp³-hybridized carbons (Fsp3) is 0. The van der Waals surface area contributed by atoms with Gasteiger partial charge >= 0.3 is 0 Å². The summed E-state index contributed by atoms with van der Waals surface area (Å²) in [5, 5.41) is 7.72. The van der Waals surface area contributed by atoms with Crippen LogP contribution in [0.5, 0.6) is 0 Å². The number of hydrogen-bond donors (Lipinski definition) is 3. The molecule has 0 amide bonds. The number of benzene rings is 1. The molecule has 0 saturated heterocycles. The summed E-state index contributed by atoms with van der Waals surface area (Å²) in [6.07, 6.45) is 8.34. The third-order valence-corrected chi connectivity index (χ3v) is 5.28. The number of H-pyrrole nitrogens is 2. The van der Waals surface area contributed by atoms with Gasteiger partial charge in [0.2, 0.25) is 0 Å². The standard InChI is InChI=1S/C23H15FN8/c24-17-8-13(14-6-15(25)11-27-10-14)7-16-20(17)31-32-21(16)23-29-18-3-5-28-19(22(18)30-23)12-2-1-4-26-9-12/h1-11H,25H2,(H,29,30)(H,31,32). The highest BCUT2D eigenvalue weighted by atomic mass is 19.1.